The maximum absolute atomic E-state index is 12.8. The smallest absolute Gasteiger partial charge is 0.255 e. The van der Waals surface area contributed by atoms with Crippen LogP contribution >= 0.6 is 23.2 Å². The normalized spacial score (nSPS) is 22.1. The highest BCUT2D eigenvalue weighted by atomic mass is 35.5. The van der Waals surface area contributed by atoms with Crippen LogP contribution in [0.3, 0.4) is 0 Å². The predicted molar refractivity (Wildman–Crippen MR) is 108 cm³/mol. The van der Waals surface area contributed by atoms with Crippen molar-refractivity contribution in [3.63, 3.8) is 0 Å². The van der Waals surface area contributed by atoms with Gasteiger partial charge in [-0.3, -0.25) is 9.59 Å². The Labute approximate surface area is 178 Å². The zero-order valence-electron chi connectivity index (χ0n) is 15.6. The summed E-state index contributed by atoms with van der Waals surface area (Å²) in [5.41, 5.74) is 1.07. The molecule has 29 heavy (non-hydrogen) atoms. The second-order valence-electron chi connectivity index (χ2n) is 7.23. The van der Waals surface area contributed by atoms with Gasteiger partial charge in [0, 0.05) is 24.3 Å². The van der Waals surface area contributed by atoms with E-state index in [2.05, 4.69) is 10.6 Å². The molecule has 2 fully saturated rings. The summed E-state index contributed by atoms with van der Waals surface area (Å²) in [6.07, 6.45) is 4.60. The number of carbonyl (C=O) groups excluding carboxylic acids is 2. The number of morpholine rings is 1. The first kappa shape index (κ1) is 20.1. The molecule has 0 spiro atoms. The molecule has 0 saturated carbocycles. The van der Waals surface area contributed by atoms with E-state index in [1.807, 2.05) is 4.90 Å². The molecule has 1 aromatic carbocycles. The van der Waals surface area contributed by atoms with E-state index in [9.17, 15) is 9.59 Å². The van der Waals surface area contributed by atoms with Crippen LogP contribution in [0.2, 0.25) is 10.0 Å². The number of dihydropyridines is 1. The summed E-state index contributed by atoms with van der Waals surface area (Å²) < 4.78 is 11.2. The Morgan fingerprint density at radius 2 is 2.07 bits per heavy atom. The van der Waals surface area contributed by atoms with Crippen molar-refractivity contribution in [1.29, 1.82) is 0 Å². The third kappa shape index (κ3) is 4.69. The van der Waals surface area contributed by atoms with Crippen molar-refractivity contribution in [3.05, 3.63) is 51.8 Å². The number of hydrogen-bond acceptors (Lipinski definition) is 5. The van der Waals surface area contributed by atoms with E-state index in [4.69, 9.17) is 32.7 Å². The van der Waals surface area contributed by atoms with Crippen molar-refractivity contribution in [3.8, 4) is 5.75 Å². The second-order valence-corrected chi connectivity index (χ2v) is 8.07. The van der Waals surface area contributed by atoms with E-state index in [0.29, 0.717) is 52.7 Å². The van der Waals surface area contributed by atoms with Gasteiger partial charge < -0.3 is 25.0 Å². The van der Waals surface area contributed by atoms with Crippen molar-refractivity contribution in [2.45, 2.75) is 19.1 Å². The fraction of sp³-hybridized carbons (Fsp3) is 0.400. The average molecular weight is 438 g/mol. The molecule has 3 aliphatic heterocycles. The fourth-order valence-corrected chi connectivity index (χ4v) is 4.01. The van der Waals surface area contributed by atoms with Crippen LogP contribution in [0, 0.1) is 5.92 Å². The summed E-state index contributed by atoms with van der Waals surface area (Å²) in [6.45, 7) is 1.84. The molecule has 2 saturated heterocycles. The lowest BCUT2D eigenvalue weighted by atomic mass is 9.97. The predicted octanol–water partition coefficient (Wildman–Crippen LogP) is 2.45. The van der Waals surface area contributed by atoms with Crippen molar-refractivity contribution >= 4 is 35.0 Å². The van der Waals surface area contributed by atoms with Crippen LogP contribution in [0.25, 0.3) is 0 Å². The molecule has 0 bridgehead atoms. The quantitative estimate of drug-likeness (QED) is 0.755. The summed E-state index contributed by atoms with van der Waals surface area (Å²) in [6, 6.07) is 5.17. The van der Waals surface area contributed by atoms with E-state index in [1.165, 1.54) is 0 Å². The lowest BCUT2D eigenvalue weighted by Gasteiger charge is -2.34. The van der Waals surface area contributed by atoms with Gasteiger partial charge in [0.05, 0.1) is 22.9 Å². The number of nitrogens with one attached hydrogen (secondary N) is 2. The number of amides is 2. The molecule has 0 aliphatic carbocycles. The van der Waals surface area contributed by atoms with E-state index in [-0.39, 0.29) is 18.4 Å². The molecular weight excluding hydrogens is 417 g/mol. The standard InChI is InChI=1S/C20H21Cl2N3O4/c21-14-1-2-17(15(22)8-14)28-10-12-3-5-25(6-4-12)20(27)13-7-16-19(23-9-13)29-11-18(26)24-16/h1-2,7-9,12,19,23H,3-6,10-11H2,(H,24,26). The molecule has 154 valence electrons. The zero-order valence-corrected chi connectivity index (χ0v) is 17.1. The highest BCUT2D eigenvalue weighted by Crippen LogP contribution is 2.29. The molecule has 3 heterocycles. The minimum atomic E-state index is -0.410. The number of ether oxygens (including phenoxy) is 2. The van der Waals surface area contributed by atoms with Crippen LogP contribution in [0.1, 0.15) is 12.8 Å². The van der Waals surface area contributed by atoms with Gasteiger partial charge in [0.1, 0.15) is 12.4 Å². The van der Waals surface area contributed by atoms with Crippen LogP contribution in [-0.2, 0) is 14.3 Å². The Morgan fingerprint density at radius 1 is 1.28 bits per heavy atom. The molecule has 2 amide bonds. The molecule has 9 heteroatoms. The number of piperidine rings is 1. The lowest BCUT2D eigenvalue weighted by Crippen LogP contribution is -2.49. The summed E-state index contributed by atoms with van der Waals surface area (Å²) in [5, 5.41) is 6.82. The minimum absolute atomic E-state index is 0.00292. The Balaban J connectivity index is 1.29. The third-order valence-electron chi connectivity index (χ3n) is 5.17. The van der Waals surface area contributed by atoms with Gasteiger partial charge in [0.25, 0.3) is 5.91 Å². The van der Waals surface area contributed by atoms with Crippen LogP contribution in [0.15, 0.2) is 41.7 Å². The second kappa shape index (κ2) is 8.65. The Hall–Kier alpha value is -2.22. The molecule has 1 unspecified atom stereocenters. The third-order valence-corrected chi connectivity index (χ3v) is 5.70. The Bertz CT molecular complexity index is 878. The first-order valence-electron chi connectivity index (χ1n) is 9.46. The molecule has 0 radical (unpaired) electrons. The highest BCUT2D eigenvalue weighted by Gasteiger charge is 2.30. The van der Waals surface area contributed by atoms with Crippen LogP contribution in [0.4, 0.5) is 0 Å². The molecule has 0 aromatic heterocycles. The van der Waals surface area contributed by atoms with Gasteiger partial charge in [0.2, 0.25) is 5.91 Å². The number of fused-ring (bicyclic) bond motifs is 1. The van der Waals surface area contributed by atoms with Crippen LogP contribution < -0.4 is 15.4 Å². The minimum Gasteiger partial charge on any atom is -0.492 e. The van der Waals surface area contributed by atoms with E-state index in [0.717, 1.165) is 12.8 Å². The summed E-state index contributed by atoms with van der Waals surface area (Å²) in [4.78, 5) is 26.1. The zero-order chi connectivity index (χ0) is 20.4. The molecule has 4 rings (SSSR count). The molecule has 1 aromatic rings. The van der Waals surface area contributed by atoms with Crippen LogP contribution in [0.5, 0.6) is 5.75 Å². The largest absolute Gasteiger partial charge is 0.492 e. The Morgan fingerprint density at radius 3 is 2.83 bits per heavy atom. The SMILES string of the molecule is O=C1COC2NC=C(C(=O)N3CCC(COc4ccc(Cl)cc4Cl)CC3)C=C2N1. The number of likely N-dealkylation sites (tertiary alicyclic amines) is 1. The van der Waals surface area contributed by atoms with Gasteiger partial charge in [-0.25, -0.2) is 0 Å². The highest BCUT2D eigenvalue weighted by molar-refractivity contribution is 6.35. The van der Waals surface area contributed by atoms with Gasteiger partial charge in [-0.15, -0.1) is 0 Å². The molecule has 2 N–H and O–H groups in total. The monoisotopic (exact) mass is 437 g/mol. The summed E-state index contributed by atoms with van der Waals surface area (Å²) in [7, 11) is 0. The fourth-order valence-electron chi connectivity index (χ4n) is 3.54. The van der Waals surface area contributed by atoms with E-state index >= 15 is 0 Å². The summed E-state index contributed by atoms with van der Waals surface area (Å²) in [5.74, 6) is 0.678. The number of rotatable bonds is 4. The number of carbonyl (C=O) groups is 2. The van der Waals surface area contributed by atoms with Gasteiger partial charge >= 0.3 is 0 Å². The number of benzene rings is 1. The number of halogens is 2. The molecule has 7 nitrogen and oxygen atoms in total. The number of nitrogens with zero attached hydrogens (tertiary/aromatic N) is 1. The molecule has 3 aliphatic rings. The Kier molecular flexibility index (Phi) is 5.99. The van der Waals surface area contributed by atoms with Crippen molar-refractivity contribution in [2.24, 2.45) is 5.92 Å². The van der Waals surface area contributed by atoms with E-state index < -0.39 is 6.23 Å². The molecular formula is C20H21Cl2N3O4. The van der Waals surface area contributed by atoms with Crippen molar-refractivity contribution in [1.82, 2.24) is 15.5 Å². The van der Waals surface area contributed by atoms with Crippen molar-refractivity contribution in [2.75, 3.05) is 26.3 Å². The van der Waals surface area contributed by atoms with Crippen molar-refractivity contribution < 1.29 is 19.1 Å². The lowest BCUT2D eigenvalue weighted by molar-refractivity contribution is -0.132. The van der Waals surface area contributed by atoms with Gasteiger partial charge in [0.15, 0.2) is 6.23 Å². The maximum atomic E-state index is 12.8. The summed E-state index contributed by atoms with van der Waals surface area (Å²) >= 11 is 12.0. The average Bonchev–Trinajstić information content (AvgIpc) is 2.72. The number of hydrogen-bond donors (Lipinski definition) is 2. The molecule has 1 atom stereocenters. The van der Waals surface area contributed by atoms with Gasteiger partial charge in [-0.1, -0.05) is 23.2 Å². The van der Waals surface area contributed by atoms with Gasteiger partial charge in [-0.2, -0.15) is 0 Å². The maximum Gasteiger partial charge on any atom is 0.255 e. The topological polar surface area (TPSA) is 79.9 Å². The first-order valence-corrected chi connectivity index (χ1v) is 10.2. The van der Waals surface area contributed by atoms with Gasteiger partial charge in [-0.05, 0) is 43.0 Å². The van der Waals surface area contributed by atoms with Crippen LogP contribution in [-0.4, -0.2) is 49.2 Å². The van der Waals surface area contributed by atoms with E-state index in [1.54, 1.807) is 30.5 Å². The first-order chi connectivity index (χ1) is 14.0.